The molecule has 0 aromatic heterocycles. The third-order valence-corrected chi connectivity index (χ3v) is 14.2. The maximum absolute atomic E-state index is 12.9. The van der Waals surface area contributed by atoms with Crippen LogP contribution < -0.4 is 0 Å². The molecule has 0 heterocycles. The van der Waals surface area contributed by atoms with Crippen molar-refractivity contribution in [3.05, 3.63) is 85.1 Å². The van der Waals surface area contributed by atoms with Crippen LogP contribution in [0.4, 0.5) is 0 Å². The first-order chi connectivity index (χ1) is 38.2. The molecule has 0 saturated heterocycles. The Hall–Kier alpha value is -3.34. The lowest BCUT2D eigenvalue weighted by atomic mass is 10.1. The van der Waals surface area contributed by atoms with Crippen molar-refractivity contribution in [1.82, 2.24) is 0 Å². The van der Waals surface area contributed by atoms with Gasteiger partial charge in [-0.1, -0.05) is 234 Å². The van der Waals surface area contributed by atoms with Gasteiger partial charge in [0.2, 0.25) is 0 Å². The van der Waals surface area contributed by atoms with Gasteiger partial charge in [-0.2, -0.15) is 0 Å². The third-order valence-electron chi connectivity index (χ3n) is 13.3. The van der Waals surface area contributed by atoms with Gasteiger partial charge < -0.3 is 24.2 Å². The van der Waals surface area contributed by atoms with Crippen molar-refractivity contribution >= 4 is 25.7 Å². The molecule has 0 spiro atoms. The maximum Gasteiger partial charge on any atom is 0.472 e. The van der Waals surface area contributed by atoms with E-state index in [2.05, 4.69) is 106 Å². The Kier molecular flexibility index (Phi) is 57.2. The SMILES string of the molecule is CC/C=C\C/C=C\C/C=C\C/C=C\CCCCCCCCC(=O)OC(COC(=O)CCCCCCCCCCC/C=C\CCCCCCCC)COP(=O)(O)OCC(CO)OC(=O)CCCCCCC/C=C\C/C=C\CCC. The largest absolute Gasteiger partial charge is 0.472 e. The summed E-state index contributed by atoms with van der Waals surface area (Å²) in [5, 5.41) is 9.83. The van der Waals surface area contributed by atoms with Gasteiger partial charge in [-0.15, -0.1) is 0 Å². The lowest BCUT2D eigenvalue weighted by Gasteiger charge is -2.21. The van der Waals surface area contributed by atoms with E-state index in [1.54, 1.807) is 0 Å². The highest BCUT2D eigenvalue weighted by Crippen LogP contribution is 2.43. The molecule has 3 unspecified atom stereocenters. The van der Waals surface area contributed by atoms with Gasteiger partial charge >= 0.3 is 25.7 Å². The van der Waals surface area contributed by atoms with E-state index in [-0.39, 0.29) is 25.9 Å². The molecule has 78 heavy (non-hydrogen) atoms. The molecule has 0 bridgehead atoms. The Morgan fingerprint density at radius 2 is 0.692 bits per heavy atom. The quantitative estimate of drug-likeness (QED) is 0.0197. The number of esters is 3. The summed E-state index contributed by atoms with van der Waals surface area (Å²) in [4.78, 5) is 48.7. The van der Waals surface area contributed by atoms with E-state index in [0.717, 1.165) is 135 Å². The summed E-state index contributed by atoms with van der Waals surface area (Å²) < 4.78 is 39.6. The highest BCUT2D eigenvalue weighted by atomic mass is 31.2. The normalized spacial score (nSPS) is 13.9. The summed E-state index contributed by atoms with van der Waals surface area (Å²) in [6.45, 7) is 4.46. The third kappa shape index (κ3) is 57.3. The number of phosphoric acid groups is 1. The molecule has 0 aliphatic heterocycles. The molecule has 0 fully saturated rings. The molecule has 0 rings (SSSR count). The number of ether oxygens (including phenoxy) is 3. The number of phosphoric ester groups is 1. The van der Waals surface area contributed by atoms with Gasteiger partial charge in [0.25, 0.3) is 0 Å². The van der Waals surface area contributed by atoms with Crippen molar-refractivity contribution in [1.29, 1.82) is 0 Å². The molecule has 0 saturated carbocycles. The van der Waals surface area contributed by atoms with E-state index in [4.69, 9.17) is 23.3 Å². The molecule has 0 aliphatic rings. The Bertz CT molecular complexity index is 1630. The summed E-state index contributed by atoms with van der Waals surface area (Å²) in [6.07, 6.45) is 69.6. The summed E-state index contributed by atoms with van der Waals surface area (Å²) in [5.41, 5.74) is 0. The zero-order valence-electron chi connectivity index (χ0n) is 49.9. The molecule has 2 N–H and O–H groups in total. The molecule has 3 atom stereocenters. The van der Waals surface area contributed by atoms with Crippen molar-refractivity contribution in [2.75, 3.05) is 26.4 Å². The van der Waals surface area contributed by atoms with Crippen LogP contribution in [0.3, 0.4) is 0 Å². The van der Waals surface area contributed by atoms with E-state index in [1.165, 1.54) is 83.5 Å². The first-order valence-electron chi connectivity index (χ1n) is 31.5. The number of carbonyl (C=O) groups is 3. The van der Waals surface area contributed by atoms with E-state index >= 15 is 0 Å². The molecule has 0 aliphatic carbocycles. The fourth-order valence-corrected chi connectivity index (χ4v) is 9.28. The van der Waals surface area contributed by atoms with Crippen molar-refractivity contribution < 1.29 is 52.2 Å². The van der Waals surface area contributed by atoms with Crippen molar-refractivity contribution in [2.45, 2.75) is 290 Å². The molecular formula is C66H115O11P. The van der Waals surface area contributed by atoms with Crippen LogP contribution in [0.25, 0.3) is 0 Å². The molecule has 0 aromatic carbocycles. The molecule has 450 valence electrons. The van der Waals surface area contributed by atoms with Crippen molar-refractivity contribution in [2.24, 2.45) is 0 Å². The van der Waals surface area contributed by atoms with Gasteiger partial charge in [0.15, 0.2) is 6.10 Å². The Morgan fingerprint density at radius 3 is 1.09 bits per heavy atom. The lowest BCUT2D eigenvalue weighted by molar-refractivity contribution is -0.161. The van der Waals surface area contributed by atoms with Crippen LogP contribution in [-0.2, 0) is 42.2 Å². The molecule has 0 amide bonds. The summed E-state index contributed by atoms with van der Waals surface area (Å²) in [7, 11) is -4.76. The van der Waals surface area contributed by atoms with Gasteiger partial charge in [0.05, 0.1) is 19.8 Å². The highest BCUT2D eigenvalue weighted by Gasteiger charge is 2.28. The van der Waals surface area contributed by atoms with Gasteiger partial charge in [0.1, 0.15) is 12.7 Å². The summed E-state index contributed by atoms with van der Waals surface area (Å²) >= 11 is 0. The number of hydrogen-bond donors (Lipinski definition) is 2. The predicted molar refractivity (Wildman–Crippen MR) is 325 cm³/mol. The van der Waals surface area contributed by atoms with Crippen molar-refractivity contribution in [3.63, 3.8) is 0 Å². The van der Waals surface area contributed by atoms with Crippen LogP contribution >= 0.6 is 7.82 Å². The highest BCUT2D eigenvalue weighted by molar-refractivity contribution is 7.47. The predicted octanol–water partition coefficient (Wildman–Crippen LogP) is 19.0. The average molecular weight is 1120 g/mol. The van der Waals surface area contributed by atoms with Crippen LogP contribution in [0.2, 0.25) is 0 Å². The van der Waals surface area contributed by atoms with E-state index < -0.39 is 57.8 Å². The molecule has 0 aromatic rings. The fraction of sp³-hybridized carbons (Fsp3) is 0.742. The molecule has 12 heteroatoms. The lowest BCUT2D eigenvalue weighted by Crippen LogP contribution is -2.30. The van der Waals surface area contributed by atoms with Crippen LogP contribution in [0.5, 0.6) is 0 Å². The second-order valence-electron chi connectivity index (χ2n) is 20.8. The first-order valence-corrected chi connectivity index (χ1v) is 33.0. The zero-order valence-corrected chi connectivity index (χ0v) is 50.8. The maximum atomic E-state index is 12.9. The van der Waals surface area contributed by atoms with Gasteiger partial charge in [-0.05, 0) is 109 Å². The monoisotopic (exact) mass is 1110 g/mol. The minimum absolute atomic E-state index is 0.148. The van der Waals surface area contributed by atoms with E-state index in [9.17, 15) is 28.9 Å². The zero-order chi connectivity index (χ0) is 56.9. The summed E-state index contributed by atoms with van der Waals surface area (Å²) in [6, 6.07) is 0. The van der Waals surface area contributed by atoms with Crippen LogP contribution in [-0.4, -0.2) is 66.5 Å². The standard InChI is InChI=1S/C66H115O11P/c1-4-7-10-13-16-19-22-25-27-29-31-33-35-38-40-43-46-49-52-55-64(68)73-59-63(77-66(70)57-54-51-48-45-42-39-36-34-32-30-28-26-23-20-17-14-11-8-5-2)61-75-78(71,72)74-60-62(58-67)76-65(69)56-53-50-47-44-41-37-24-21-18-15-12-9-6-3/h8,11-12,15,17,20-21,24-28,32,34,62-63,67H,4-7,9-10,13-14,16,18-19,22-23,29-31,33,35-61H2,1-3H3,(H,71,72)/b11-8-,15-12-,20-17-,24-21-,27-25-,28-26-,34-32-. The summed E-state index contributed by atoms with van der Waals surface area (Å²) in [5.74, 6) is -1.49. The average Bonchev–Trinajstić information content (AvgIpc) is 3.43. The number of unbranched alkanes of at least 4 members (excludes halogenated alkanes) is 27. The number of allylic oxidation sites excluding steroid dienone is 14. The first kappa shape index (κ1) is 74.7. The van der Waals surface area contributed by atoms with Gasteiger partial charge in [-0.25, -0.2) is 4.57 Å². The number of aliphatic hydroxyl groups excluding tert-OH is 1. The van der Waals surface area contributed by atoms with Crippen LogP contribution in [0, 0.1) is 0 Å². The van der Waals surface area contributed by atoms with Crippen LogP contribution in [0.15, 0.2) is 85.1 Å². The molecule has 0 radical (unpaired) electrons. The van der Waals surface area contributed by atoms with E-state index in [0.29, 0.717) is 19.3 Å². The Balaban J connectivity index is 4.74. The van der Waals surface area contributed by atoms with E-state index in [1.807, 2.05) is 0 Å². The smallest absolute Gasteiger partial charge is 0.462 e. The minimum atomic E-state index is -4.76. The minimum Gasteiger partial charge on any atom is -0.462 e. The van der Waals surface area contributed by atoms with Crippen molar-refractivity contribution in [3.8, 4) is 0 Å². The Morgan fingerprint density at radius 1 is 0.372 bits per heavy atom. The second kappa shape index (κ2) is 59.8. The van der Waals surface area contributed by atoms with Crippen LogP contribution in [0.1, 0.15) is 278 Å². The molecular weight excluding hydrogens is 1000 g/mol. The van der Waals surface area contributed by atoms with Gasteiger partial charge in [0, 0.05) is 19.3 Å². The number of hydrogen-bond acceptors (Lipinski definition) is 10. The fourth-order valence-electron chi connectivity index (χ4n) is 8.50. The number of rotatable bonds is 58. The Labute approximate surface area is 477 Å². The molecule has 11 nitrogen and oxygen atoms in total. The number of carbonyl (C=O) groups excluding carboxylic acids is 3. The second-order valence-corrected chi connectivity index (χ2v) is 22.3. The number of aliphatic hydroxyl groups is 1. The topological polar surface area (TPSA) is 155 Å². The van der Waals surface area contributed by atoms with Gasteiger partial charge in [-0.3, -0.25) is 23.4 Å².